The third-order valence-electron chi connectivity index (χ3n) is 6.10. The van der Waals surface area contributed by atoms with Crippen molar-refractivity contribution in [3.63, 3.8) is 0 Å². The number of carbonyl (C=O) groups is 1. The van der Waals surface area contributed by atoms with Gasteiger partial charge in [-0.05, 0) is 48.2 Å². The van der Waals surface area contributed by atoms with Gasteiger partial charge in [0.15, 0.2) is 0 Å². The van der Waals surface area contributed by atoms with E-state index < -0.39 is 0 Å². The molecule has 2 aliphatic heterocycles. The van der Waals surface area contributed by atoms with Crippen LogP contribution in [-0.4, -0.2) is 47.7 Å². The molecule has 31 heavy (non-hydrogen) atoms. The summed E-state index contributed by atoms with van der Waals surface area (Å²) in [5.41, 5.74) is 3.14. The van der Waals surface area contributed by atoms with Gasteiger partial charge in [0.1, 0.15) is 18.0 Å². The number of fused-ring (bicyclic) bond motifs is 1. The molecule has 6 heteroatoms. The summed E-state index contributed by atoms with van der Waals surface area (Å²) in [6.45, 7) is 2.17. The van der Waals surface area contributed by atoms with E-state index in [-0.39, 0.29) is 18.1 Å². The molecule has 5 rings (SSSR count). The van der Waals surface area contributed by atoms with Crippen LogP contribution in [-0.2, 0) is 9.53 Å². The number of hydrogen-bond acceptors (Lipinski definition) is 4. The van der Waals surface area contributed by atoms with E-state index in [0.717, 1.165) is 66.6 Å². The van der Waals surface area contributed by atoms with Crippen LogP contribution in [0.5, 0.6) is 5.75 Å². The number of halogens is 1. The van der Waals surface area contributed by atoms with Gasteiger partial charge in [0, 0.05) is 44.1 Å². The highest BCUT2D eigenvalue weighted by atomic mass is 35.5. The number of pyridine rings is 1. The summed E-state index contributed by atoms with van der Waals surface area (Å²) in [7, 11) is 0. The molecule has 5 nitrogen and oxygen atoms in total. The summed E-state index contributed by atoms with van der Waals surface area (Å²) >= 11 is 6.02. The van der Waals surface area contributed by atoms with Crippen molar-refractivity contribution in [1.82, 2.24) is 9.88 Å². The largest absolute Gasteiger partial charge is 0.490 e. The van der Waals surface area contributed by atoms with Crippen LogP contribution in [0.3, 0.4) is 0 Å². The fraction of sp³-hybridized carbons (Fsp3) is 0.360. The first-order chi connectivity index (χ1) is 15.2. The Balaban J connectivity index is 1.19. The normalized spacial score (nSPS) is 19.6. The summed E-state index contributed by atoms with van der Waals surface area (Å²) in [6, 6.07) is 16.3. The van der Waals surface area contributed by atoms with Crippen LogP contribution < -0.4 is 4.74 Å². The van der Waals surface area contributed by atoms with Crippen LogP contribution in [0.15, 0.2) is 54.7 Å². The molecule has 0 saturated carbocycles. The lowest BCUT2D eigenvalue weighted by Gasteiger charge is -2.33. The van der Waals surface area contributed by atoms with Crippen molar-refractivity contribution in [3.05, 3.63) is 59.8 Å². The number of rotatable bonds is 4. The van der Waals surface area contributed by atoms with Crippen LogP contribution in [0, 0.1) is 0 Å². The smallest absolute Gasteiger partial charge is 0.251 e. The number of carbonyl (C=O) groups excluding carboxylic acids is 1. The number of ether oxygens (including phenoxy) is 2. The van der Waals surface area contributed by atoms with E-state index in [9.17, 15) is 4.79 Å². The van der Waals surface area contributed by atoms with Crippen LogP contribution in [0.25, 0.3) is 22.0 Å². The summed E-state index contributed by atoms with van der Waals surface area (Å²) in [5, 5.41) is 1.67. The molecule has 0 N–H and O–H groups in total. The third kappa shape index (κ3) is 4.53. The van der Waals surface area contributed by atoms with Crippen molar-refractivity contribution < 1.29 is 14.3 Å². The molecule has 2 fully saturated rings. The van der Waals surface area contributed by atoms with Crippen LogP contribution in [0.4, 0.5) is 0 Å². The van der Waals surface area contributed by atoms with E-state index >= 15 is 0 Å². The maximum atomic E-state index is 12.5. The molecular weight excluding hydrogens is 412 g/mol. The van der Waals surface area contributed by atoms with Crippen molar-refractivity contribution in [2.45, 2.75) is 37.9 Å². The van der Waals surface area contributed by atoms with Gasteiger partial charge >= 0.3 is 0 Å². The molecule has 3 heterocycles. The van der Waals surface area contributed by atoms with Gasteiger partial charge in [0.2, 0.25) is 0 Å². The van der Waals surface area contributed by atoms with Crippen LogP contribution in [0.1, 0.15) is 25.7 Å². The number of benzene rings is 2. The molecule has 160 valence electrons. The van der Waals surface area contributed by atoms with Crippen molar-refractivity contribution >= 4 is 28.4 Å². The first-order valence-corrected chi connectivity index (χ1v) is 11.3. The second-order valence-electron chi connectivity index (χ2n) is 8.23. The van der Waals surface area contributed by atoms with Gasteiger partial charge in [-0.2, -0.15) is 0 Å². The van der Waals surface area contributed by atoms with Gasteiger partial charge in [-0.15, -0.1) is 0 Å². The van der Waals surface area contributed by atoms with Crippen molar-refractivity contribution in [1.29, 1.82) is 0 Å². The molecular formula is C25H25ClN2O3. The zero-order valence-electron chi connectivity index (χ0n) is 17.3. The molecule has 2 saturated heterocycles. The maximum absolute atomic E-state index is 12.5. The number of likely N-dealkylation sites (tertiary alicyclic amines) is 1. The monoisotopic (exact) mass is 436 g/mol. The van der Waals surface area contributed by atoms with Crippen molar-refractivity contribution in [3.8, 4) is 16.9 Å². The van der Waals surface area contributed by atoms with Crippen molar-refractivity contribution in [2.75, 3.05) is 19.7 Å². The fourth-order valence-electron chi connectivity index (χ4n) is 4.36. The second kappa shape index (κ2) is 8.85. The predicted molar refractivity (Wildman–Crippen MR) is 121 cm³/mol. The summed E-state index contributed by atoms with van der Waals surface area (Å²) in [6.07, 6.45) is 5.10. The lowest BCUT2D eigenvalue weighted by Crippen LogP contribution is -2.45. The average Bonchev–Trinajstić information content (AvgIpc) is 3.34. The fourth-order valence-corrected chi connectivity index (χ4v) is 4.53. The SMILES string of the molecule is O=C([C@H]1CCCO1)N1CCC(Oc2ccc(-c3ccc4cc(Cl)cnc4c3)cc2)CC1. The Bertz CT molecular complexity index is 1070. The predicted octanol–water partition coefficient (Wildman–Crippen LogP) is 5.10. The number of aromatic nitrogens is 1. The number of nitrogens with zero attached hydrogens (tertiary/aromatic N) is 2. The van der Waals surface area contributed by atoms with Gasteiger partial charge in [-0.1, -0.05) is 35.9 Å². The zero-order chi connectivity index (χ0) is 21.2. The minimum Gasteiger partial charge on any atom is -0.490 e. The molecule has 0 spiro atoms. The number of piperidine rings is 1. The highest BCUT2D eigenvalue weighted by molar-refractivity contribution is 6.31. The van der Waals surface area contributed by atoms with E-state index in [0.29, 0.717) is 11.6 Å². The molecule has 0 unspecified atom stereocenters. The van der Waals surface area contributed by atoms with E-state index in [4.69, 9.17) is 21.1 Å². The zero-order valence-corrected chi connectivity index (χ0v) is 18.1. The van der Waals surface area contributed by atoms with Crippen molar-refractivity contribution in [2.24, 2.45) is 0 Å². The van der Waals surface area contributed by atoms with Crippen LogP contribution >= 0.6 is 11.6 Å². The van der Waals surface area contributed by atoms with Gasteiger partial charge in [-0.25, -0.2) is 0 Å². The quantitative estimate of drug-likeness (QED) is 0.570. The number of hydrogen-bond donors (Lipinski definition) is 0. The molecule has 2 aromatic carbocycles. The highest BCUT2D eigenvalue weighted by Gasteiger charge is 2.31. The minimum absolute atomic E-state index is 0.133. The molecule has 0 radical (unpaired) electrons. The molecule has 0 bridgehead atoms. The molecule has 0 aliphatic carbocycles. The Morgan fingerprint density at radius 3 is 2.55 bits per heavy atom. The molecule has 3 aromatic rings. The summed E-state index contributed by atoms with van der Waals surface area (Å²) in [4.78, 5) is 18.8. The first kappa shape index (κ1) is 20.3. The van der Waals surface area contributed by atoms with E-state index in [2.05, 4.69) is 29.2 Å². The first-order valence-electron chi connectivity index (χ1n) is 10.9. The average molecular weight is 437 g/mol. The summed E-state index contributed by atoms with van der Waals surface area (Å²) in [5.74, 6) is 1.01. The molecule has 1 atom stereocenters. The van der Waals surface area contributed by atoms with E-state index in [1.165, 1.54) is 0 Å². The van der Waals surface area contributed by atoms with Gasteiger partial charge < -0.3 is 14.4 Å². The standard InChI is InChI=1S/C25H25ClN2O3/c26-20-14-19-4-3-18(15-23(19)27-16-20)17-5-7-21(8-6-17)31-22-9-11-28(12-10-22)25(29)24-2-1-13-30-24/h3-8,14-16,22,24H,1-2,9-13H2/t24-/m1/s1. The second-order valence-corrected chi connectivity index (χ2v) is 8.67. The molecule has 2 aliphatic rings. The minimum atomic E-state index is -0.229. The lowest BCUT2D eigenvalue weighted by atomic mass is 10.0. The Hall–Kier alpha value is -2.63. The van der Waals surface area contributed by atoms with Gasteiger partial charge in [-0.3, -0.25) is 9.78 Å². The molecule has 1 amide bonds. The Morgan fingerprint density at radius 1 is 1.03 bits per heavy atom. The maximum Gasteiger partial charge on any atom is 0.251 e. The Kier molecular flexibility index (Phi) is 5.79. The summed E-state index contributed by atoms with van der Waals surface area (Å²) < 4.78 is 11.7. The third-order valence-corrected chi connectivity index (χ3v) is 6.31. The molecule has 1 aromatic heterocycles. The van der Waals surface area contributed by atoms with Crippen LogP contribution in [0.2, 0.25) is 5.02 Å². The van der Waals surface area contributed by atoms with E-state index in [1.54, 1.807) is 6.20 Å². The van der Waals surface area contributed by atoms with Gasteiger partial charge in [0.25, 0.3) is 5.91 Å². The Morgan fingerprint density at radius 2 is 1.81 bits per heavy atom. The van der Waals surface area contributed by atoms with Gasteiger partial charge in [0.05, 0.1) is 10.5 Å². The topological polar surface area (TPSA) is 51.7 Å². The van der Waals surface area contributed by atoms with E-state index in [1.807, 2.05) is 29.2 Å². The Labute approximate surface area is 186 Å². The lowest BCUT2D eigenvalue weighted by molar-refractivity contribution is -0.142. The number of amides is 1. The highest BCUT2D eigenvalue weighted by Crippen LogP contribution is 2.28.